The van der Waals surface area contributed by atoms with Gasteiger partial charge in [-0.15, -0.1) is 0 Å². The van der Waals surface area contributed by atoms with Crippen molar-refractivity contribution < 1.29 is 14.7 Å². The third-order valence-corrected chi connectivity index (χ3v) is 5.13. The highest BCUT2D eigenvalue weighted by molar-refractivity contribution is 5.81. The molecule has 25 heavy (non-hydrogen) atoms. The van der Waals surface area contributed by atoms with E-state index in [0.29, 0.717) is 19.6 Å². The van der Waals surface area contributed by atoms with Crippen molar-refractivity contribution in [2.75, 3.05) is 50.7 Å². The van der Waals surface area contributed by atoms with E-state index < -0.39 is 0 Å². The first-order valence-electron chi connectivity index (χ1n) is 8.87. The fourth-order valence-corrected chi connectivity index (χ4v) is 3.61. The average molecular weight is 346 g/mol. The third kappa shape index (κ3) is 4.22. The van der Waals surface area contributed by atoms with Gasteiger partial charge in [0.1, 0.15) is 5.75 Å². The lowest BCUT2D eigenvalue weighted by molar-refractivity contribution is -0.136. The van der Waals surface area contributed by atoms with E-state index in [0.717, 1.165) is 44.7 Å². The number of piperidine rings is 1. The van der Waals surface area contributed by atoms with Crippen LogP contribution in [0.2, 0.25) is 0 Å². The minimum Gasteiger partial charge on any atom is -0.506 e. The zero-order chi connectivity index (χ0) is 17.8. The predicted octanol–water partition coefficient (Wildman–Crippen LogP) is 0.238. The number of nitrogens with zero attached hydrogens (tertiary/aromatic N) is 3. The number of amides is 2. The molecule has 7 nitrogen and oxygen atoms in total. The molecular weight excluding hydrogens is 320 g/mol. The van der Waals surface area contributed by atoms with E-state index in [1.165, 1.54) is 0 Å². The highest BCUT2D eigenvalue weighted by Crippen LogP contribution is 2.27. The minimum atomic E-state index is -0.311. The number of rotatable bonds is 4. The molecule has 1 aromatic rings. The minimum absolute atomic E-state index is 0.0713. The Morgan fingerprint density at radius 2 is 1.84 bits per heavy atom. The number of para-hydroxylation sites is 2. The molecule has 0 bridgehead atoms. The van der Waals surface area contributed by atoms with Crippen molar-refractivity contribution in [3.05, 3.63) is 24.3 Å². The summed E-state index contributed by atoms with van der Waals surface area (Å²) < 4.78 is 0. The normalized spacial score (nSPS) is 22.0. The van der Waals surface area contributed by atoms with E-state index in [-0.39, 0.29) is 23.5 Å². The zero-order valence-corrected chi connectivity index (χ0v) is 14.4. The average Bonchev–Trinajstić information content (AvgIpc) is 2.63. The van der Waals surface area contributed by atoms with Crippen LogP contribution in [0, 0.1) is 5.92 Å². The molecule has 2 amide bonds. The molecule has 0 aliphatic carbocycles. The third-order valence-electron chi connectivity index (χ3n) is 5.13. The number of hydrogen-bond acceptors (Lipinski definition) is 5. The maximum Gasteiger partial charge on any atom is 0.236 e. The van der Waals surface area contributed by atoms with E-state index in [4.69, 9.17) is 5.73 Å². The number of hydrogen-bond donors (Lipinski definition) is 2. The molecule has 2 heterocycles. The number of carbonyl (C=O) groups excluding carboxylic acids is 2. The van der Waals surface area contributed by atoms with Gasteiger partial charge in [0.2, 0.25) is 11.8 Å². The van der Waals surface area contributed by atoms with E-state index in [9.17, 15) is 14.7 Å². The molecule has 2 fully saturated rings. The summed E-state index contributed by atoms with van der Waals surface area (Å²) in [5.41, 5.74) is 6.22. The van der Waals surface area contributed by atoms with E-state index >= 15 is 0 Å². The van der Waals surface area contributed by atoms with Crippen molar-refractivity contribution in [2.45, 2.75) is 12.8 Å². The van der Waals surface area contributed by atoms with Crippen molar-refractivity contribution in [2.24, 2.45) is 11.7 Å². The van der Waals surface area contributed by atoms with Crippen LogP contribution in [0.25, 0.3) is 0 Å². The van der Waals surface area contributed by atoms with Crippen molar-refractivity contribution in [3.63, 3.8) is 0 Å². The van der Waals surface area contributed by atoms with Crippen LogP contribution >= 0.6 is 0 Å². The quantitative estimate of drug-likeness (QED) is 0.815. The van der Waals surface area contributed by atoms with Crippen molar-refractivity contribution in [1.29, 1.82) is 0 Å². The molecule has 3 rings (SSSR count). The zero-order valence-electron chi connectivity index (χ0n) is 14.4. The van der Waals surface area contributed by atoms with Crippen LogP contribution in [-0.2, 0) is 9.59 Å². The Morgan fingerprint density at radius 1 is 1.12 bits per heavy atom. The van der Waals surface area contributed by atoms with Gasteiger partial charge in [0, 0.05) is 39.3 Å². The molecule has 0 radical (unpaired) electrons. The first-order chi connectivity index (χ1) is 12.0. The van der Waals surface area contributed by atoms with Crippen LogP contribution in [0.4, 0.5) is 5.69 Å². The Labute approximate surface area is 148 Å². The Kier molecular flexibility index (Phi) is 5.43. The van der Waals surface area contributed by atoms with Crippen LogP contribution in [-0.4, -0.2) is 72.5 Å². The highest BCUT2D eigenvalue weighted by atomic mass is 16.3. The number of likely N-dealkylation sites (tertiary alicyclic amines) is 1. The fraction of sp³-hybridized carbons (Fsp3) is 0.556. The van der Waals surface area contributed by atoms with Gasteiger partial charge in [0.05, 0.1) is 18.2 Å². The molecule has 0 saturated carbocycles. The summed E-state index contributed by atoms with van der Waals surface area (Å²) in [5, 5.41) is 9.96. The maximum atomic E-state index is 12.5. The van der Waals surface area contributed by atoms with Gasteiger partial charge in [-0.1, -0.05) is 12.1 Å². The summed E-state index contributed by atoms with van der Waals surface area (Å²) in [6, 6.07) is 7.33. The summed E-state index contributed by atoms with van der Waals surface area (Å²) in [6.07, 6.45) is 1.61. The molecule has 1 aromatic carbocycles. The van der Waals surface area contributed by atoms with Gasteiger partial charge < -0.3 is 20.6 Å². The summed E-state index contributed by atoms with van der Waals surface area (Å²) in [7, 11) is 0. The largest absolute Gasteiger partial charge is 0.506 e. The fourth-order valence-electron chi connectivity index (χ4n) is 3.61. The second-order valence-electron chi connectivity index (χ2n) is 6.83. The number of piperazine rings is 1. The van der Waals surface area contributed by atoms with Crippen molar-refractivity contribution in [1.82, 2.24) is 9.80 Å². The van der Waals surface area contributed by atoms with E-state index in [2.05, 4.69) is 9.80 Å². The summed E-state index contributed by atoms with van der Waals surface area (Å²) in [4.78, 5) is 29.9. The van der Waals surface area contributed by atoms with Gasteiger partial charge in [-0.25, -0.2) is 0 Å². The van der Waals surface area contributed by atoms with Gasteiger partial charge in [-0.05, 0) is 25.0 Å². The van der Waals surface area contributed by atoms with Crippen LogP contribution in [0.1, 0.15) is 12.8 Å². The van der Waals surface area contributed by atoms with Crippen LogP contribution in [0.3, 0.4) is 0 Å². The van der Waals surface area contributed by atoms with Gasteiger partial charge >= 0.3 is 0 Å². The molecule has 0 aromatic heterocycles. The number of benzene rings is 1. The molecule has 7 heteroatoms. The van der Waals surface area contributed by atoms with Crippen molar-refractivity contribution in [3.8, 4) is 5.75 Å². The molecular formula is C18H26N4O3. The lowest BCUT2D eigenvalue weighted by atomic mass is 9.97. The Balaban J connectivity index is 1.49. The van der Waals surface area contributed by atoms with Gasteiger partial charge in [-0.3, -0.25) is 14.5 Å². The standard InChI is InChI=1S/C18H26N4O3/c19-18(25)14-4-3-7-22(12-14)17(24)13-20-8-10-21(11-9-20)15-5-1-2-6-16(15)23/h1-2,5-6,14,23H,3-4,7-13H2,(H2,19,25). The summed E-state index contributed by atoms with van der Waals surface area (Å²) in [6.45, 7) is 4.62. The Hall–Kier alpha value is -2.28. The molecule has 0 spiro atoms. The number of phenols is 1. The smallest absolute Gasteiger partial charge is 0.236 e. The van der Waals surface area contributed by atoms with Gasteiger partial charge in [0.15, 0.2) is 0 Å². The molecule has 2 aliphatic heterocycles. The number of anilines is 1. The molecule has 3 N–H and O–H groups in total. The number of primary amides is 1. The molecule has 2 aliphatic rings. The summed E-state index contributed by atoms with van der Waals surface area (Å²) >= 11 is 0. The topological polar surface area (TPSA) is 90.1 Å². The monoisotopic (exact) mass is 346 g/mol. The van der Waals surface area contributed by atoms with Crippen LogP contribution in [0.15, 0.2) is 24.3 Å². The first-order valence-corrected chi connectivity index (χ1v) is 8.87. The van der Waals surface area contributed by atoms with E-state index in [1.54, 1.807) is 11.0 Å². The van der Waals surface area contributed by atoms with Crippen molar-refractivity contribution >= 4 is 17.5 Å². The lowest BCUT2D eigenvalue weighted by Crippen LogP contribution is -2.52. The molecule has 136 valence electrons. The molecule has 1 unspecified atom stereocenters. The van der Waals surface area contributed by atoms with E-state index in [1.807, 2.05) is 18.2 Å². The van der Waals surface area contributed by atoms with Crippen LogP contribution in [0.5, 0.6) is 5.75 Å². The Bertz CT molecular complexity index is 629. The number of phenolic OH excluding ortho intramolecular Hbond substituents is 1. The summed E-state index contributed by atoms with van der Waals surface area (Å²) in [5.74, 6) is -0.163. The van der Waals surface area contributed by atoms with Gasteiger partial charge in [-0.2, -0.15) is 0 Å². The number of aromatic hydroxyl groups is 1. The maximum absolute atomic E-state index is 12.5. The number of nitrogens with two attached hydrogens (primary N) is 1. The predicted molar refractivity (Wildman–Crippen MR) is 95.3 cm³/mol. The second kappa shape index (κ2) is 7.74. The van der Waals surface area contributed by atoms with Gasteiger partial charge in [0.25, 0.3) is 0 Å². The SMILES string of the molecule is NC(=O)C1CCCN(C(=O)CN2CCN(c3ccccc3O)CC2)C1. The molecule has 1 atom stereocenters. The molecule has 2 saturated heterocycles. The first kappa shape index (κ1) is 17.5. The highest BCUT2D eigenvalue weighted by Gasteiger charge is 2.28. The van der Waals surface area contributed by atoms with Crippen LogP contribution < -0.4 is 10.6 Å². The Morgan fingerprint density at radius 3 is 2.52 bits per heavy atom. The lowest BCUT2D eigenvalue weighted by Gasteiger charge is -2.37. The second-order valence-corrected chi connectivity index (χ2v) is 6.83. The number of carbonyl (C=O) groups is 2.